The molecule has 17 heavy (non-hydrogen) atoms. The summed E-state index contributed by atoms with van der Waals surface area (Å²) in [5, 5.41) is 0. The third-order valence-corrected chi connectivity index (χ3v) is 2.96. The second-order valence-electron chi connectivity index (χ2n) is 3.84. The lowest BCUT2D eigenvalue weighted by Gasteiger charge is -2.03. The Kier molecular flexibility index (Phi) is 3.74. The van der Waals surface area contributed by atoms with Gasteiger partial charge >= 0.3 is 0 Å². The molecule has 2 aromatic rings. The van der Waals surface area contributed by atoms with E-state index in [9.17, 15) is 4.79 Å². The van der Waals surface area contributed by atoms with Crippen molar-refractivity contribution in [3.8, 4) is 0 Å². The molecule has 88 valence electrons. The highest BCUT2D eigenvalue weighted by atomic mass is 79.9. The first kappa shape index (κ1) is 12.0. The third-order valence-electron chi connectivity index (χ3n) is 2.47. The number of H-pyrrole nitrogens is 1. The number of aryl methyl sites for hydroxylation is 1. The Morgan fingerprint density at radius 3 is 2.88 bits per heavy atom. The smallest absolute Gasteiger partial charge is 0.251 e. The lowest BCUT2D eigenvalue weighted by molar-refractivity contribution is 0.888. The molecule has 2 rings (SSSR count). The van der Waals surface area contributed by atoms with Crippen molar-refractivity contribution in [1.29, 1.82) is 0 Å². The van der Waals surface area contributed by atoms with E-state index in [0.29, 0.717) is 12.2 Å². The molecule has 0 aliphatic heterocycles. The number of nitrogens with one attached hydrogen (secondary N) is 1. The fourth-order valence-corrected chi connectivity index (χ4v) is 2.11. The number of nitrogens with zero attached hydrogens (tertiary/aromatic N) is 1. The fraction of sp³-hybridized carbons (Fsp3) is 0.231. The topological polar surface area (TPSA) is 45.8 Å². The van der Waals surface area contributed by atoms with E-state index in [1.807, 2.05) is 31.2 Å². The van der Waals surface area contributed by atoms with Crippen molar-refractivity contribution in [3.05, 3.63) is 62.2 Å². The van der Waals surface area contributed by atoms with Gasteiger partial charge in [0, 0.05) is 22.7 Å². The number of benzene rings is 1. The van der Waals surface area contributed by atoms with E-state index < -0.39 is 0 Å². The van der Waals surface area contributed by atoms with Crippen molar-refractivity contribution in [3.63, 3.8) is 0 Å². The maximum absolute atomic E-state index is 11.4. The average molecular weight is 293 g/mol. The summed E-state index contributed by atoms with van der Waals surface area (Å²) in [5.74, 6) is 0.715. The number of halogens is 1. The van der Waals surface area contributed by atoms with E-state index in [1.165, 1.54) is 0 Å². The number of rotatable bonds is 3. The predicted molar refractivity (Wildman–Crippen MR) is 71.2 cm³/mol. The molecule has 0 bridgehead atoms. The number of aromatic amines is 1. The van der Waals surface area contributed by atoms with E-state index in [1.54, 1.807) is 6.07 Å². The Bertz CT molecular complexity index is 578. The molecule has 1 N–H and O–H groups in total. The van der Waals surface area contributed by atoms with Crippen LogP contribution in [0.1, 0.15) is 24.0 Å². The van der Waals surface area contributed by atoms with Gasteiger partial charge in [-0.3, -0.25) is 4.79 Å². The SMILES string of the molecule is CCc1cc(=O)[nH]c(Cc2cccc(Br)c2)n1. The van der Waals surface area contributed by atoms with Gasteiger partial charge in [0.1, 0.15) is 5.82 Å². The fourth-order valence-electron chi connectivity index (χ4n) is 1.67. The van der Waals surface area contributed by atoms with Crippen molar-refractivity contribution in [2.45, 2.75) is 19.8 Å². The van der Waals surface area contributed by atoms with Crippen LogP contribution in [0, 0.1) is 0 Å². The standard InChI is InChI=1S/C13H13BrN2O/c1-2-11-8-13(17)16-12(15-11)7-9-4-3-5-10(14)6-9/h3-6,8H,2,7H2,1H3,(H,15,16,17). The second-order valence-corrected chi connectivity index (χ2v) is 4.76. The molecule has 1 heterocycles. The second kappa shape index (κ2) is 5.27. The highest BCUT2D eigenvalue weighted by Gasteiger charge is 2.02. The molecule has 0 spiro atoms. The Morgan fingerprint density at radius 1 is 1.35 bits per heavy atom. The lowest BCUT2D eigenvalue weighted by Crippen LogP contribution is -2.12. The average Bonchev–Trinajstić information content (AvgIpc) is 2.28. The molecule has 0 saturated heterocycles. The van der Waals surface area contributed by atoms with Crippen LogP contribution >= 0.6 is 15.9 Å². The first-order valence-electron chi connectivity index (χ1n) is 5.51. The predicted octanol–water partition coefficient (Wildman–Crippen LogP) is 2.69. The van der Waals surface area contributed by atoms with E-state index >= 15 is 0 Å². The molecule has 0 saturated carbocycles. The summed E-state index contributed by atoms with van der Waals surface area (Å²) in [6, 6.07) is 9.54. The largest absolute Gasteiger partial charge is 0.310 e. The highest BCUT2D eigenvalue weighted by molar-refractivity contribution is 9.10. The van der Waals surface area contributed by atoms with Crippen molar-refractivity contribution in [1.82, 2.24) is 9.97 Å². The molecule has 0 aliphatic rings. The molecule has 0 aliphatic carbocycles. The van der Waals surface area contributed by atoms with E-state index in [2.05, 4.69) is 25.9 Å². The zero-order chi connectivity index (χ0) is 12.3. The van der Waals surface area contributed by atoms with E-state index in [0.717, 1.165) is 22.2 Å². The van der Waals surface area contributed by atoms with Gasteiger partial charge in [-0.15, -0.1) is 0 Å². The molecule has 4 heteroatoms. The van der Waals surface area contributed by atoms with Crippen LogP contribution in [0.4, 0.5) is 0 Å². The van der Waals surface area contributed by atoms with Gasteiger partial charge in [-0.25, -0.2) is 4.98 Å². The zero-order valence-corrected chi connectivity index (χ0v) is 11.1. The number of hydrogen-bond acceptors (Lipinski definition) is 2. The molecular formula is C13H13BrN2O. The van der Waals surface area contributed by atoms with Gasteiger partial charge in [-0.2, -0.15) is 0 Å². The van der Waals surface area contributed by atoms with Crippen LogP contribution in [0.5, 0.6) is 0 Å². The van der Waals surface area contributed by atoms with Gasteiger partial charge < -0.3 is 4.98 Å². The third kappa shape index (κ3) is 3.27. The molecule has 0 atom stereocenters. The maximum atomic E-state index is 11.4. The van der Waals surface area contributed by atoms with Crippen LogP contribution in [-0.2, 0) is 12.8 Å². The Balaban J connectivity index is 2.29. The highest BCUT2D eigenvalue weighted by Crippen LogP contribution is 2.13. The summed E-state index contributed by atoms with van der Waals surface area (Å²) in [6.07, 6.45) is 1.41. The van der Waals surface area contributed by atoms with E-state index in [-0.39, 0.29) is 5.56 Å². The molecule has 0 amide bonds. The first-order valence-corrected chi connectivity index (χ1v) is 6.30. The molecule has 0 radical (unpaired) electrons. The summed E-state index contributed by atoms with van der Waals surface area (Å²) in [6.45, 7) is 1.99. The zero-order valence-electron chi connectivity index (χ0n) is 9.53. The summed E-state index contributed by atoms with van der Waals surface area (Å²) in [4.78, 5) is 18.6. The minimum absolute atomic E-state index is 0.0816. The summed E-state index contributed by atoms with van der Waals surface area (Å²) in [5.41, 5.74) is 1.87. The van der Waals surface area contributed by atoms with Gasteiger partial charge in [0.2, 0.25) is 0 Å². The summed E-state index contributed by atoms with van der Waals surface area (Å²) < 4.78 is 1.03. The van der Waals surface area contributed by atoms with Crippen molar-refractivity contribution < 1.29 is 0 Å². The lowest BCUT2D eigenvalue weighted by atomic mass is 10.1. The molecule has 0 unspecified atom stereocenters. The normalized spacial score (nSPS) is 10.5. The van der Waals surface area contributed by atoms with Gasteiger partial charge in [-0.05, 0) is 24.1 Å². The molecule has 3 nitrogen and oxygen atoms in total. The van der Waals surface area contributed by atoms with Crippen molar-refractivity contribution in [2.24, 2.45) is 0 Å². The first-order chi connectivity index (χ1) is 8.17. The minimum Gasteiger partial charge on any atom is -0.310 e. The maximum Gasteiger partial charge on any atom is 0.251 e. The van der Waals surface area contributed by atoms with Gasteiger partial charge in [0.15, 0.2) is 0 Å². The van der Waals surface area contributed by atoms with Crippen LogP contribution in [0.2, 0.25) is 0 Å². The van der Waals surface area contributed by atoms with Crippen LogP contribution in [0.3, 0.4) is 0 Å². The molecule has 0 fully saturated rings. The summed E-state index contributed by atoms with van der Waals surface area (Å²) in [7, 11) is 0. The van der Waals surface area contributed by atoms with E-state index in [4.69, 9.17) is 0 Å². The number of hydrogen-bond donors (Lipinski definition) is 1. The molecule has 1 aromatic heterocycles. The Labute approximate surface area is 108 Å². The van der Waals surface area contributed by atoms with Crippen LogP contribution in [0.15, 0.2) is 39.6 Å². The molecular weight excluding hydrogens is 280 g/mol. The number of aromatic nitrogens is 2. The van der Waals surface area contributed by atoms with Crippen LogP contribution in [0.25, 0.3) is 0 Å². The van der Waals surface area contributed by atoms with Gasteiger partial charge in [0.25, 0.3) is 5.56 Å². The quantitative estimate of drug-likeness (QED) is 0.945. The monoisotopic (exact) mass is 292 g/mol. The van der Waals surface area contributed by atoms with Gasteiger partial charge in [-0.1, -0.05) is 35.0 Å². The Hall–Kier alpha value is -1.42. The minimum atomic E-state index is -0.0816. The molecule has 1 aromatic carbocycles. The summed E-state index contributed by atoms with van der Waals surface area (Å²) >= 11 is 3.43. The van der Waals surface area contributed by atoms with Gasteiger partial charge in [0.05, 0.1) is 0 Å². The van der Waals surface area contributed by atoms with Crippen LogP contribution < -0.4 is 5.56 Å². The van der Waals surface area contributed by atoms with Crippen molar-refractivity contribution >= 4 is 15.9 Å². The Morgan fingerprint density at radius 2 is 2.18 bits per heavy atom. The van der Waals surface area contributed by atoms with Crippen molar-refractivity contribution in [2.75, 3.05) is 0 Å². The van der Waals surface area contributed by atoms with Crippen LogP contribution in [-0.4, -0.2) is 9.97 Å².